The van der Waals surface area contributed by atoms with Crippen molar-refractivity contribution >= 4 is 56.8 Å². The van der Waals surface area contributed by atoms with Crippen molar-refractivity contribution in [2.24, 2.45) is 0 Å². The van der Waals surface area contributed by atoms with Crippen LogP contribution in [0.4, 0.5) is 5.69 Å². The average molecular weight is 494 g/mol. The fourth-order valence-electron chi connectivity index (χ4n) is 3.69. The Bertz CT molecular complexity index is 1260. The lowest BCUT2D eigenvalue weighted by atomic mass is 10.1. The summed E-state index contributed by atoms with van der Waals surface area (Å²) < 4.78 is 2.91. The summed E-state index contributed by atoms with van der Waals surface area (Å²) in [5, 5.41) is 2.70. The van der Waals surface area contributed by atoms with Crippen LogP contribution in [0.5, 0.6) is 0 Å². The number of aromatic nitrogens is 1. The lowest BCUT2D eigenvalue weighted by Crippen LogP contribution is -2.54. The molecule has 0 aliphatic carbocycles. The molecule has 5 nitrogen and oxygen atoms in total. The molecule has 1 fully saturated rings. The number of thiocarbonyl (C=S) groups is 1. The van der Waals surface area contributed by atoms with Gasteiger partial charge in [-0.25, -0.2) is 0 Å². The van der Waals surface area contributed by atoms with E-state index in [2.05, 4.69) is 50.1 Å². The molecule has 0 atom stereocenters. The summed E-state index contributed by atoms with van der Waals surface area (Å²) in [7, 11) is 0. The van der Waals surface area contributed by atoms with Gasteiger partial charge in [-0.3, -0.25) is 19.8 Å². The van der Waals surface area contributed by atoms with Crippen molar-refractivity contribution < 1.29 is 9.59 Å². The molecule has 2 amide bonds. The fraction of sp³-hybridized carbons (Fsp3) is 0.125. The Morgan fingerprint density at radius 3 is 2.35 bits per heavy atom. The van der Waals surface area contributed by atoms with Gasteiger partial charge in [-0.05, 0) is 81.0 Å². The molecule has 2 aromatic carbocycles. The molecule has 1 aliphatic heterocycles. The highest BCUT2D eigenvalue weighted by Gasteiger charge is 2.34. The summed E-state index contributed by atoms with van der Waals surface area (Å²) >= 11 is 8.69. The molecule has 2 heterocycles. The van der Waals surface area contributed by atoms with Crippen LogP contribution in [0.3, 0.4) is 0 Å². The quantitative estimate of drug-likeness (QED) is 0.317. The highest BCUT2D eigenvalue weighted by atomic mass is 79.9. The number of carbonyl (C=O) groups excluding carboxylic acids is 2. The number of hydrogen-bond donors (Lipinski definition) is 1. The van der Waals surface area contributed by atoms with Crippen molar-refractivity contribution in [3.8, 4) is 5.69 Å². The molecule has 1 aromatic heterocycles. The Kier molecular flexibility index (Phi) is 5.64. The van der Waals surface area contributed by atoms with Gasteiger partial charge in [0, 0.05) is 21.5 Å². The predicted molar refractivity (Wildman–Crippen MR) is 130 cm³/mol. The van der Waals surface area contributed by atoms with Crippen LogP contribution in [0.1, 0.15) is 22.5 Å². The minimum absolute atomic E-state index is 0.0396. The highest BCUT2D eigenvalue weighted by Crippen LogP contribution is 2.27. The molecule has 3 aromatic rings. The Labute approximate surface area is 194 Å². The zero-order valence-electron chi connectivity index (χ0n) is 17.3. The van der Waals surface area contributed by atoms with Crippen molar-refractivity contribution in [3.63, 3.8) is 0 Å². The van der Waals surface area contributed by atoms with Crippen LogP contribution >= 0.6 is 28.1 Å². The van der Waals surface area contributed by atoms with E-state index in [1.165, 1.54) is 10.5 Å². The Balaban J connectivity index is 1.76. The Morgan fingerprint density at radius 1 is 0.968 bits per heavy atom. The first-order valence-electron chi connectivity index (χ1n) is 9.69. The molecule has 1 N–H and O–H groups in total. The third-order valence-electron chi connectivity index (χ3n) is 5.23. The first kappa shape index (κ1) is 21.2. The van der Waals surface area contributed by atoms with E-state index in [4.69, 9.17) is 12.2 Å². The number of hydrogen-bond acceptors (Lipinski definition) is 3. The van der Waals surface area contributed by atoms with E-state index in [0.29, 0.717) is 5.69 Å². The summed E-state index contributed by atoms with van der Waals surface area (Å²) in [6.45, 7) is 6.02. The number of benzene rings is 2. The molecule has 0 radical (unpaired) electrons. The number of aryl methyl sites for hydroxylation is 2. The van der Waals surface area contributed by atoms with Crippen LogP contribution in [-0.4, -0.2) is 21.5 Å². The largest absolute Gasteiger partial charge is 0.318 e. The second-order valence-corrected chi connectivity index (χ2v) is 8.74. The van der Waals surface area contributed by atoms with E-state index in [0.717, 1.165) is 27.1 Å². The summed E-state index contributed by atoms with van der Waals surface area (Å²) in [5.74, 6) is -0.951. The van der Waals surface area contributed by atoms with Gasteiger partial charge >= 0.3 is 0 Å². The smallest absolute Gasteiger partial charge is 0.270 e. The zero-order chi connectivity index (χ0) is 22.3. The second-order valence-electron chi connectivity index (χ2n) is 7.44. The molecule has 156 valence electrons. The van der Waals surface area contributed by atoms with Crippen LogP contribution in [0, 0.1) is 20.8 Å². The van der Waals surface area contributed by atoms with Crippen LogP contribution in [-0.2, 0) is 9.59 Å². The van der Waals surface area contributed by atoms with Gasteiger partial charge in [0.05, 0.1) is 5.69 Å². The van der Waals surface area contributed by atoms with E-state index in [9.17, 15) is 9.59 Å². The maximum absolute atomic E-state index is 13.3. The molecular weight excluding hydrogens is 474 g/mol. The number of nitrogens with zero attached hydrogens (tertiary/aromatic N) is 2. The number of amides is 2. The molecule has 7 heteroatoms. The van der Waals surface area contributed by atoms with Crippen molar-refractivity contribution in [2.45, 2.75) is 20.8 Å². The van der Waals surface area contributed by atoms with E-state index in [1.807, 2.05) is 39.0 Å². The first-order chi connectivity index (χ1) is 14.8. The average Bonchev–Trinajstić information content (AvgIpc) is 2.99. The van der Waals surface area contributed by atoms with Gasteiger partial charge in [-0.15, -0.1) is 0 Å². The zero-order valence-corrected chi connectivity index (χ0v) is 19.7. The minimum Gasteiger partial charge on any atom is -0.318 e. The van der Waals surface area contributed by atoms with Gasteiger partial charge < -0.3 is 4.57 Å². The van der Waals surface area contributed by atoms with Gasteiger partial charge in [-0.2, -0.15) is 0 Å². The lowest BCUT2D eigenvalue weighted by Gasteiger charge is -2.29. The van der Waals surface area contributed by atoms with Crippen LogP contribution in [0.15, 0.2) is 64.6 Å². The third kappa shape index (κ3) is 3.98. The summed E-state index contributed by atoms with van der Waals surface area (Å²) in [6.07, 6.45) is 1.64. The number of nitrogens with one attached hydrogen (secondary N) is 1. The Hall–Kier alpha value is -3.03. The minimum atomic E-state index is -0.499. The van der Waals surface area contributed by atoms with E-state index in [1.54, 1.807) is 18.2 Å². The Morgan fingerprint density at radius 2 is 1.68 bits per heavy atom. The molecule has 0 bridgehead atoms. The van der Waals surface area contributed by atoms with Crippen LogP contribution in [0.25, 0.3) is 11.8 Å². The topological polar surface area (TPSA) is 54.3 Å². The van der Waals surface area contributed by atoms with Gasteiger partial charge in [-0.1, -0.05) is 39.7 Å². The second kappa shape index (κ2) is 8.24. The van der Waals surface area contributed by atoms with Crippen LogP contribution in [0.2, 0.25) is 0 Å². The summed E-state index contributed by atoms with van der Waals surface area (Å²) in [6, 6.07) is 17.4. The number of halogens is 1. The molecule has 31 heavy (non-hydrogen) atoms. The number of rotatable bonds is 3. The normalized spacial score (nSPS) is 15.5. The van der Waals surface area contributed by atoms with Gasteiger partial charge in [0.2, 0.25) is 0 Å². The molecular formula is C24H20BrN3O2S. The molecule has 1 aliphatic rings. The molecule has 0 spiro atoms. The van der Waals surface area contributed by atoms with Gasteiger partial charge in [0.15, 0.2) is 5.11 Å². The van der Waals surface area contributed by atoms with Crippen molar-refractivity contribution in [1.82, 2.24) is 9.88 Å². The molecule has 0 unspecified atom stereocenters. The monoisotopic (exact) mass is 493 g/mol. The predicted octanol–water partition coefficient (Wildman–Crippen LogP) is 5.00. The molecule has 1 saturated heterocycles. The van der Waals surface area contributed by atoms with Gasteiger partial charge in [0.25, 0.3) is 11.8 Å². The maximum atomic E-state index is 13.3. The maximum Gasteiger partial charge on any atom is 0.270 e. The lowest BCUT2D eigenvalue weighted by molar-refractivity contribution is -0.122. The summed E-state index contributed by atoms with van der Waals surface area (Å²) in [5.41, 5.74) is 5.59. The molecule has 4 rings (SSSR count). The standard InChI is InChI=1S/C24H20BrN3O2S/c1-14-7-9-19(10-8-14)27-15(2)11-17(16(27)3)12-21-22(29)26-24(31)28(23(21)30)20-6-4-5-18(25)13-20/h4-13H,1-3H3,(H,26,29,31)/b21-12-. The molecule has 0 saturated carbocycles. The van der Waals surface area contributed by atoms with Crippen molar-refractivity contribution in [2.75, 3.05) is 4.90 Å². The SMILES string of the molecule is Cc1ccc(-n2c(C)cc(/C=C3/C(=O)NC(=S)N(c4cccc(Br)c4)C3=O)c2C)cc1. The van der Waals surface area contributed by atoms with Crippen molar-refractivity contribution in [3.05, 3.63) is 87.2 Å². The number of anilines is 1. The highest BCUT2D eigenvalue weighted by molar-refractivity contribution is 9.10. The summed E-state index contributed by atoms with van der Waals surface area (Å²) in [4.78, 5) is 27.2. The number of carbonyl (C=O) groups is 2. The first-order valence-corrected chi connectivity index (χ1v) is 10.9. The van der Waals surface area contributed by atoms with E-state index < -0.39 is 11.8 Å². The van der Waals surface area contributed by atoms with E-state index in [-0.39, 0.29) is 10.7 Å². The van der Waals surface area contributed by atoms with Crippen molar-refractivity contribution in [1.29, 1.82) is 0 Å². The van der Waals surface area contributed by atoms with Crippen LogP contribution < -0.4 is 10.2 Å². The van der Waals surface area contributed by atoms with E-state index >= 15 is 0 Å². The fourth-order valence-corrected chi connectivity index (χ4v) is 4.36. The van der Waals surface area contributed by atoms with Gasteiger partial charge in [0.1, 0.15) is 5.57 Å². The third-order valence-corrected chi connectivity index (χ3v) is 6.01.